The van der Waals surface area contributed by atoms with E-state index in [0.29, 0.717) is 35.9 Å². The molecule has 2 heterocycles. The number of nitrogens with one attached hydrogen (secondary N) is 3. The quantitative estimate of drug-likeness (QED) is 0.597. The molecule has 0 aliphatic heterocycles. The molecule has 0 aromatic carbocycles. The van der Waals surface area contributed by atoms with Gasteiger partial charge in [-0.05, 0) is 26.0 Å². The van der Waals surface area contributed by atoms with Gasteiger partial charge in [0.25, 0.3) is 5.91 Å². The van der Waals surface area contributed by atoms with Crippen molar-refractivity contribution in [3.63, 3.8) is 0 Å². The van der Waals surface area contributed by atoms with Gasteiger partial charge in [0.15, 0.2) is 5.13 Å². The molecule has 8 nitrogen and oxygen atoms in total. The third kappa shape index (κ3) is 5.31. The minimum Gasteiger partial charge on any atom is -0.352 e. The molecule has 2 aromatic rings. The molecule has 5 N–H and O–H groups in total. The number of thiazole rings is 1. The van der Waals surface area contributed by atoms with Gasteiger partial charge < -0.3 is 16.4 Å². The van der Waals surface area contributed by atoms with Crippen molar-refractivity contribution in [1.29, 1.82) is 0 Å². The van der Waals surface area contributed by atoms with Crippen molar-refractivity contribution in [2.24, 2.45) is 5.73 Å². The van der Waals surface area contributed by atoms with E-state index >= 15 is 0 Å². The van der Waals surface area contributed by atoms with Crippen LogP contribution in [0.15, 0.2) is 24.7 Å². The van der Waals surface area contributed by atoms with E-state index in [1.54, 1.807) is 12.3 Å². The summed E-state index contributed by atoms with van der Waals surface area (Å²) in [7, 11) is 0. The molecule has 2 rings (SSSR count). The largest absolute Gasteiger partial charge is 0.352 e. The summed E-state index contributed by atoms with van der Waals surface area (Å²) in [6, 6.07) is 1.11. The predicted octanol–water partition coefficient (Wildman–Crippen LogP) is 1.57. The SMILES string of the molecule is Cc1cnc(NC(=O)Nc2cncc(C(=O)NCCCN)c2)s1. The predicted molar refractivity (Wildman–Crippen MR) is 89.7 cm³/mol. The van der Waals surface area contributed by atoms with Gasteiger partial charge in [-0.1, -0.05) is 0 Å². The fraction of sp³-hybridized carbons (Fsp3) is 0.286. The Labute approximate surface area is 137 Å². The van der Waals surface area contributed by atoms with Gasteiger partial charge in [-0.3, -0.25) is 15.1 Å². The van der Waals surface area contributed by atoms with Crippen molar-refractivity contribution >= 4 is 34.1 Å². The second-order valence-corrected chi connectivity index (χ2v) is 5.95. The van der Waals surface area contributed by atoms with E-state index in [4.69, 9.17) is 5.73 Å². The molecule has 0 bridgehead atoms. The summed E-state index contributed by atoms with van der Waals surface area (Å²) < 4.78 is 0. The smallest absolute Gasteiger partial charge is 0.325 e. The molecule has 0 aliphatic rings. The fourth-order valence-corrected chi connectivity index (χ4v) is 2.37. The Bertz CT molecular complexity index is 687. The Balaban J connectivity index is 1.93. The number of rotatable bonds is 6. The van der Waals surface area contributed by atoms with Gasteiger partial charge in [-0.15, -0.1) is 11.3 Å². The Morgan fingerprint density at radius 3 is 2.78 bits per heavy atom. The zero-order chi connectivity index (χ0) is 16.7. The first kappa shape index (κ1) is 16.8. The third-order valence-electron chi connectivity index (χ3n) is 2.77. The van der Waals surface area contributed by atoms with Crippen molar-refractivity contribution in [3.8, 4) is 0 Å². The number of nitrogens with two attached hydrogens (primary N) is 1. The van der Waals surface area contributed by atoms with E-state index in [2.05, 4.69) is 25.9 Å². The molecule has 0 saturated heterocycles. The van der Waals surface area contributed by atoms with Crippen molar-refractivity contribution < 1.29 is 9.59 Å². The number of anilines is 2. The second-order valence-electron chi connectivity index (χ2n) is 4.72. The molecule has 9 heteroatoms. The van der Waals surface area contributed by atoms with E-state index in [-0.39, 0.29) is 5.91 Å². The lowest BCUT2D eigenvalue weighted by atomic mass is 10.2. The molecule has 0 atom stereocenters. The summed E-state index contributed by atoms with van der Waals surface area (Å²) in [6.07, 6.45) is 5.27. The van der Waals surface area contributed by atoms with Crippen LogP contribution in [0.4, 0.5) is 15.6 Å². The lowest BCUT2D eigenvalue weighted by molar-refractivity contribution is 0.0953. The van der Waals surface area contributed by atoms with E-state index < -0.39 is 6.03 Å². The number of nitrogens with zero attached hydrogens (tertiary/aromatic N) is 2. The molecule has 0 radical (unpaired) electrons. The normalized spacial score (nSPS) is 10.2. The van der Waals surface area contributed by atoms with Crippen molar-refractivity contribution in [3.05, 3.63) is 35.1 Å². The summed E-state index contributed by atoms with van der Waals surface area (Å²) in [5, 5.41) is 8.46. The number of amides is 3. The Kier molecular flexibility index (Phi) is 6.01. The van der Waals surface area contributed by atoms with Gasteiger partial charge in [0.2, 0.25) is 0 Å². The summed E-state index contributed by atoms with van der Waals surface area (Å²) in [5.41, 5.74) is 6.16. The summed E-state index contributed by atoms with van der Waals surface area (Å²) >= 11 is 1.37. The van der Waals surface area contributed by atoms with Crippen LogP contribution < -0.4 is 21.7 Å². The summed E-state index contributed by atoms with van der Waals surface area (Å²) in [5.74, 6) is -0.259. The van der Waals surface area contributed by atoms with E-state index in [0.717, 1.165) is 4.88 Å². The van der Waals surface area contributed by atoms with Crippen LogP contribution in [-0.2, 0) is 0 Å². The Morgan fingerprint density at radius 2 is 2.09 bits per heavy atom. The number of aryl methyl sites for hydroxylation is 1. The average molecular weight is 334 g/mol. The zero-order valence-corrected chi connectivity index (χ0v) is 13.4. The lowest BCUT2D eigenvalue weighted by Crippen LogP contribution is -2.26. The molecule has 23 heavy (non-hydrogen) atoms. The highest BCUT2D eigenvalue weighted by Gasteiger charge is 2.09. The summed E-state index contributed by atoms with van der Waals surface area (Å²) in [6.45, 7) is 2.91. The second kappa shape index (κ2) is 8.20. The van der Waals surface area contributed by atoms with Gasteiger partial charge in [0.1, 0.15) is 0 Å². The van der Waals surface area contributed by atoms with Crippen LogP contribution in [0.2, 0.25) is 0 Å². The van der Waals surface area contributed by atoms with Crippen LogP contribution in [0, 0.1) is 6.92 Å². The third-order valence-corrected chi connectivity index (χ3v) is 3.59. The van der Waals surface area contributed by atoms with Gasteiger partial charge in [0.05, 0.1) is 17.4 Å². The number of carbonyl (C=O) groups is 2. The van der Waals surface area contributed by atoms with Crippen LogP contribution in [0.1, 0.15) is 21.7 Å². The maximum absolute atomic E-state index is 11.9. The maximum Gasteiger partial charge on any atom is 0.325 e. The number of aromatic nitrogens is 2. The van der Waals surface area contributed by atoms with Gasteiger partial charge in [-0.25, -0.2) is 9.78 Å². The zero-order valence-electron chi connectivity index (χ0n) is 12.6. The highest BCUT2D eigenvalue weighted by Crippen LogP contribution is 2.17. The average Bonchev–Trinajstić information content (AvgIpc) is 2.92. The molecule has 3 amide bonds. The first-order chi connectivity index (χ1) is 11.1. The van der Waals surface area contributed by atoms with Crippen LogP contribution in [0.25, 0.3) is 0 Å². The van der Waals surface area contributed by atoms with Crippen LogP contribution >= 0.6 is 11.3 Å². The molecule has 0 aliphatic carbocycles. The van der Waals surface area contributed by atoms with Crippen LogP contribution in [-0.4, -0.2) is 35.0 Å². The molecular weight excluding hydrogens is 316 g/mol. The molecule has 0 unspecified atom stereocenters. The van der Waals surface area contributed by atoms with Gasteiger partial charge in [-0.2, -0.15) is 0 Å². The van der Waals surface area contributed by atoms with Gasteiger partial charge in [0, 0.05) is 23.8 Å². The minimum atomic E-state index is -0.443. The van der Waals surface area contributed by atoms with Crippen molar-refractivity contribution in [2.75, 3.05) is 23.7 Å². The van der Waals surface area contributed by atoms with Crippen LogP contribution in [0.5, 0.6) is 0 Å². The maximum atomic E-state index is 11.9. The first-order valence-corrected chi connectivity index (χ1v) is 7.84. The fourth-order valence-electron chi connectivity index (χ4n) is 1.71. The Morgan fingerprint density at radius 1 is 1.26 bits per heavy atom. The molecular formula is C14H18N6O2S. The molecule has 0 saturated carbocycles. The summed E-state index contributed by atoms with van der Waals surface area (Å²) in [4.78, 5) is 32.8. The molecule has 122 valence electrons. The van der Waals surface area contributed by atoms with Crippen LogP contribution in [0.3, 0.4) is 0 Å². The van der Waals surface area contributed by atoms with Crippen molar-refractivity contribution in [2.45, 2.75) is 13.3 Å². The van der Waals surface area contributed by atoms with E-state index in [9.17, 15) is 9.59 Å². The molecule has 0 fully saturated rings. The number of urea groups is 1. The first-order valence-electron chi connectivity index (χ1n) is 7.02. The highest BCUT2D eigenvalue weighted by atomic mass is 32.1. The monoisotopic (exact) mass is 334 g/mol. The highest BCUT2D eigenvalue weighted by molar-refractivity contribution is 7.15. The number of hydrogen-bond acceptors (Lipinski definition) is 6. The minimum absolute atomic E-state index is 0.259. The van der Waals surface area contributed by atoms with Gasteiger partial charge >= 0.3 is 6.03 Å². The number of pyridine rings is 1. The topological polar surface area (TPSA) is 122 Å². The van der Waals surface area contributed by atoms with Crippen molar-refractivity contribution in [1.82, 2.24) is 15.3 Å². The standard InChI is InChI=1S/C14H18N6O2S/c1-9-6-18-14(23-9)20-13(22)19-11-5-10(7-16-8-11)12(21)17-4-2-3-15/h5-8H,2-4,15H2,1H3,(H,17,21)(H2,18,19,20,22). The van der Waals surface area contributed by atoms with E-state index in [1.165, 1.54) is 23.7 Å². The number of hydrogen-bond donors (Lipinski definition) is 4. The molecule has 2 aromatic heterocycles. The lowest BCUT2D eigenvalue weighted by Gasteiger charge is -2.07. The number of carbonyl (C=O) groups excluding carboxylic acids is 2. The Hall–Kier alpha value is -2.52. The van der Waals surface area contributed by atoms with E-state index in [1.807, 2.05) is 6.92 Å². The molecule has 0 spiro atoms.